The molecule has 94 valence electrons. The van der Waals surface area contributed by atoms with Crippen LogP contribution >= 0.6 is 0 Å². The van der Waals surface area contributed by atoms with E-state index in [0.717, 1.165) is 6.42 Å². The molecule has 0 saturated carbocycles. The topological polar surface area (TPSA) is 40.5 Å². The summed E-state index contributed by atoms with van der Waals surface area (Å²) in [5.41, 5.74) is 0. The van der Waals surface area contributed by atoms with Crippen molar-refractivity contribution in [1.82, 2.24) is 0 Å². The third-order valence-electron chi connectivity index (χ3n) is 2.61. The number of allylic oxidation sites excluding steroid dienone is 3. The van der Waals surface area contributed by atoms with Crippen molar-refractivity contribution in [3.05, 3.63) is 24.2 Å². The van der Waals surface area contributed by atoms with Gasteiger partial charge in [0.05, 0.1) is 0 Å². The van der Waals surface area contributed by atoms with Gasteiger partial charge in [-0.3, -0.25) is 0 Å². The van der Waals surface area contributed by atoms with E-state index in [4.69, 9.17) is 10.2 Å². The maximum absolute atomic E-state index is 8.46. The van der Waals surface area contributed by atoms with Crippen LogP contribution in [0, 0.1) is 0 Å². The van der Waals surface area contributed by atoms with E-state index >= 15 is 0 Å². The van der Waals surface area contributed by atoms with Crippen LogP contribution in [0.5, 0.6) is 0 Å². The molecule has 0 rings (SSSR count). The zero-order valence-corrected chi connectivity index (χ0v) is 10.5. The maximum Gasteiger partial charge on any atom is 0.274 e. The second kappa shape index (κ2) is 12.2. The summed E-state index contributed by atoms with van der Waals surface area (Å²) in [5, 5.41) is 16.9. The van der Waals surface area contributed by atoms with Gasteiger partial charge in [-0.05, 0) is 12.8 Å². The van der Waals surface area contributed by atoms with E-state index < -0.39 is 5.95 Å². The lowest BCUT2D eigenvalue weighted by Gasteiger charge is -1.99. The highest BCUT2D eigenvalue weighted by Crippen LogP contribution is 2.09. The molecule has 0 saturated heterocycles. The Balaban J connectivity index is 3.10. The van der Waals surface area contributed by atoms with Crippen LogP contribution in [0.1, 0.15) is 64.7 Å². The zero-order chi connectivity index (χ0) is 12.1. The first-order chi connectivity index (χ1) is 7.77. The molecule has 0 bridgehead atoms. The minimum Gasteiger partial charge on any atom is -0.481 e. The second-order valence-corrected chi connectivity index (χ2v) is 4.22. The molecule has 0 aromatic rings. The molecule has 2 nitrogen and oxygen atoms in total. The van der Waals surface area contributed by atoms with Crippen molar-refractivity contribution in [1.29, 1.82) is 0 Å². The summed E-state index contributed by atoms with van der Waals surface area (Å²) in [6, 6.07) is 0. The Morgan fingerprint density at radius 2 is 1.44 bits per heavy atom. The summed E-state index contributed by atoms with van der Waals surface area (Å²) in [5.74, 6) is -0.618. The normalized spacial score (nSPS) is 10.8. The largest absolute Gasteiger partial charge is 0.481 e. The van der Waals surface area contributed by atoms with E-state index in [1.165, 1.54) is 57.4 Å². The van der Waals surface area contributed by atoms with Crippen LogP contribution in [0.3, 0.4) is 0 Å². The molecule has 0 aliphatic heterocycles. The molecule has 0 heterocycles. The van der Waals surface area contributed by atoms with Gasteiger partial charge in [-0.2, -0.15) is 0 Å². The van der Waals surface area contributed by atoms with Crippen LogP contribution in [0.4, 0.5) is 0 Å². The number of unbranched alkanes of at least 4 members (excludes halogenated alkanes) is 8. The lowest BCUT2D eigenvalue weighted by atomic mass is 10.1. The molecule has 0 amide bonds. The van der Waals surface area contributed by atoms with Crippen molar-refractivity contribution in [2.24, 2.45) is 0 Å². The van der Waals surface area contributed by atoms with Crippen LogP contribution in [0.15, 0.2) is 24.2 Å². The quantitative estimate of drug-likeness (QED) is 0.311. The second-order valence-electron chi connectivity index (χ2n) is 4.22. The molecular formula is C14H26O2. The third-order valence-corrected chi connectivity index (χ3v) is 2.61. The molecule has 0 fully saturated rings. The van der Waals surface area contributed by atoms with Gasteiger partial charge in [0.2, 0.25) is 0 Å². The third kappa shape index (κ3) is 13.1. The number of aliphatic hydroxyl groups is 2. The Morgan fingerprint density at radius 1 is 0.875 bits per heavy atom. The number of hydrogen-bond donors (Lipinski definition) is 2. The predicted molar refractivity (Wildman–Crippen MR) is 69.7 cm³/mol. The van der Waals surface area contributed by atoms with E-state index in [2.05, 4.69) is 6.92 Å². The fraction of sp³-hybridized carbons (Fsp3) is 0.714. The van der Waals surface area contributed by atoms with Crippen LogP contribution < -0.4 is 0 Å². The van der Waals surface area contributed by atoms with Crippen molar-refractivity contribution in [3.63, 3.8) is 0 Å². The van der Waals surface area contributed by atoms with E-state index in [9.17, 15) is 0 Å². The summed E-state index contributed by atoms with van der Waals surface area (Å²) < 4.78 is 0. The first kappa shape index (κ1) is 15.1. The molecule has 0 aromatic carbocycles. The molecule has 16 heavy (non-hydrogen) atoms. The number of aliphatic hydroxyl groups excluding tert-OH is 1. The van der Waals surface area contributed by atoms with Crippen LogP contribution in [-0.2, 0) is 0 Å². The van der Waals surface area contributed by atoms with Gasteiger partial charge in [0.25, 0.3) is 5.95 Å². The molecule has 0 radical (unpaired) electrons. The summed E-state index contributed by atoms with van der Waals surface area (Å²) in [6.45, 7) is 2.24. The van der Waals surface area contributed by atoms with Gasteiger partial charge in [0, 0.05) is 6.08 Å². The smallest absolute Gasteiger partial charge is 0.274 e. The first-order valence-electron chi connectivity index (χ1n) is 6.52. The van der Waals surface area contributed by atoms with Crippen molar-refractivity contribution in [3.8, 4) is 0 Å². The van der Waals surface area contributed by atoms with E-state index in [1.54, 1.807) is 6.08 Å². The van der Waals surface area contributed by atoms with Crippen LogP contribution in [0.25, 0.3) is 0 Å². The van der Waals surface area contributed by atoms with Gasteiger partial charge < -0.3 is 10.2 Å². The van der Waals surface area contributed by atoms with Crippen molar-refractivity contribution in [2.45, 2.75) is 64.7 Å². The van der Waals surface area contributed by atoms with Crippen LogP contribution in [0.2, 0.25) is 0 Å². The summed E-state index contributed by atoms with van der Waals surface area (Å²) in [6.07, 6.45) is 16.6. The van der Waals surface area contributed by atoms with E-state index in [-0.39, 0.29) is 0 Å². The zero-order valence-electron chi connectivity index (χ0n) is 10.5. The first-order valence-corrected chi connectivity index (χ1v) is 6.52. The van der Waals surface area contributed by atoms with Gasteiger partial charge in [-0.1, -0.05) is 64.0 Å². The molecule has 0 unspecified atom stereocenters. The molecule has 0 aromatic heterocycles. The minimum absolute atomic E-state index is 0.618. The molecule has 2 heteroatoms. The summed E-state index contributed by atoms with van der Waals surface area (Å²) in [4.78, 5) is 0. The van der Waals surface area contributed by atoms with E-state index in [0.29, 0.717) is 0 Å². The molecular weight excluding hydrogens is 200 g/mol. The van der Waals surface area contributed by atoms with Gasteiger partial charge >= 0.3 is 0 Å². The summed E-state index contributed by atoms with van der Waals surface area (Å²) in [7, 11) is 0. The van der Waals surface area contributed by atoms with Crippen molar-refractivity contribution >= 4 is 0 Å². The lowest BCUT2D eigenvalue weighted by molar-refractivity contribution is 0.191. The Morgan fingerprint density at radius 3 is 2.00 bits per heavy atom. The van der Waals surface area contributed by atoms with E-state index in [1.807, 2.05) is 6.08 Å². The molecule has 0 aliphatic rings. The molecule has 0 atom stereocenters. The summed E-state index contributed by atoms with van der Waals surface area (Å²) >= 11 is 0. The fourth-order valence-electron chi connectivity index (χ4n) is 1.65. The van der Waals surface area contributed by atoms with Gasteiger partial charge in [0.1, 0.15) is 0 Å². The Labute approximate surface area is 99.7 Å². The highest BCUT2D eigenvalue weighted by molar-refractivity contribution is 5.01. The Hall–Kier alpha value is -0.920. The predicted octanol–water partition coefficient (Wildman–Crippen LogP) is 5.03. The van der Waals surface area contributed by atoms with Gasteiger partial charge in [-0.15, -0.1) is 0 Å². The lowest BCUT2D eigenvalue weighted by Crippen LogP contribution is -1.79. The Bertz CT molecular complexity index is 191. The highest BCUT2D eigenvalue weighted by Gasteiger charge is 1.90. The van der Waals surface area contributed by atoms with Crippen molar-refractivity contribution < 1.29 is 10.2 Å². The minimum atomic E-state index is -0.618. The van der Waals surface area contributed by atoms with Crippen molar-refractivity contribution in [2.75, 3.05) is 0 Å². The monoisotopic (exact) mass is 226 g/mol. The molecule has 0 spiro atoms. The highest BCUT2D eigenvalue weighted by atomic mass is 16.5. The maximum atomic E-state index is 8.46. The Kier molecular flexibility index (Phi) is 11.5. The average Bonchev–Trinajstić information content (AvgIpc) is 2.25. The van der Waals surface area contributed by atoms with Gasteiger partial charge in [-0.25, -0.2) is 0 Å². The average molecular weight is 226 g/mol. The molecule has 2 N–H and O–H groups in total. The fourth-order valence-corrected chi connectivity index (χ4v) is 1.65. The number of rotatable bonds is 10. The number of hydrogen-bond acceptors (Lipinski definition) is 2. The SMILES string of the molecule is CCCCCCCCCCC=CC=C(O)O. The standard InChI is InChI=1S/C14H26O2/c1-2-3-4-5-6-7-8-9-10-11-12-13-14(15)16/h11-13,15-16H,2-10H2,1H3. The van der Waals surface area contributed by atoms with Gasteiger partial charge in [0.15, 0.2) is 0 Å². The molecule has 0 aliphatic carbocycles. The van der Waals surface area contributed by atoms with Crippen LogP contribution in [-0.4, -0.2) is 10.2 Å².